The molecule has 0 aromatic heterocycles. The van der Waals surface area contributed by atoms with E-state index in [4.69, 9.17) is 0 Å². The number of rotatable bonds is 7. The number of aryl methyl sites for hydroxylation is 2. The summed E-state index contributed by atoms with van der Waals surface area (Å²) < 4.78 is 13.4. The lowest BCUT2D eigenvalue weighted by atomic mass is 10.1. The molecule has 1 N–H and O–H groups in total. The Morgan fingerprint density at radius 1 is 0.952 bits per heavy atom. The standard InChI is InChI=1S/C18H20FNO/c19-17-11-5-4-10-16(17)12-13-18(21)20-14-6-9-15-7-2-1-3-8-15/h1-5,7-8,10-11H,6,9,12-14H2,(H,20,21). The molecule has 0 bridgehead atoms. The fourth-order valence-electron chi connectivity index (χ4n) is 2.20. The van der Waals surface area contributed by atoms with Crippen molar-refractivity contribution in [1.82, 2.24) is 5.32 Å². The van der Waals surface area contributed by atoms with Gasteiger partial charge in [0.25, 0.3) is 0 Å². The molecule has 0 aliphatic rings. The van der Waals surface area contributed by atoms with Crippen molar-refractivity contribution < 1.29 is 9.18 Å². The number of benzene rings is 2. The largest absolute Gasteiger partial charge is 0.356 e. The molecule has 0 radical (unpaired) electrons. The topological polar surface area (TPSA) is 29.1 Å². The van der Waals surface area contributed by atoms with Crippen LogP contribution in [0.25, 0.3) is 0 Å². The zero-order chi connectivity index (χ0) is 14.9. The molecule has 0 aliphatic carbocycles. The molecule has 0 aliphatic heterocycles. The van der Waals surface area contributed by atoms with Gasteiger partial charge < -0.3 is 5.32 Å². The number of nitrogens with one attached hydrogen (secondary N) is 1. The summed E-state index contributed by atoms with van der Waals surface area (Å²) in [6, 6.07) is 16.8. The zero-order valence-electron chi connectivity index (χ0n) is 12.0. The van der Waals surface area contributed by atoms with Crippen molar-refractivity contribution in [3.05, 3.63) is 71.5 Å². The van der Waals surface area contributed by atoms with Gasteiger partial charge in [-0.15, -0.1) is 0 Å². The molecule has 1 amide bonds. The molecule has 110 valence electrons. The van der Waals surface area contributed by atoms with Gasteiger partial charge in [-0.2, -0.15) is 0 Å². The van der Waals surface area contributed by atoms with Crippen LogP contribution in [-0.2, 0) is 17.6 Å². The monoisotopic (exact) mass is 285 g/mol. The van der Waals surface area contributed by atoms with Crippen LogP contribution in [0.5, 0.6) is 0 Å². The minimum absolute atomic E-state index is 0.0219. The molecule has 3 heteroatoms. The number of halogens is 1. The van der Waals surface area contributed by atoms with E-state index in [1.165, 1.54) is 11.6 Å². The first-order valence-electron chi connectivity index (χ1n) is 7.30. The van der Waals surface area contributed by atoms with Crippen molar-refractivity contribution >= 4 is 5.91 Å². The third kappa shape index (κ3) is 5.38. The average Bonchev–Trinajstić information content (AvgIpc) is 2.52. The molecule has 0 fully saturated rings. The first kappa shape index (κ1) is 15.2. The van der Waals surface area contributed by atoms with Crippen LogP contribution in [0.1, 0.15) is 24.0 Å². The Kier molecular flexibility index (Phi) is 5.95. The van der Waals surface area contributed by atoms with Crippen LogP contribution in [0.4, 0.5) is 4.39 Å². The molecule has 0 heterocycles. The van der Waals surface area contributed by atoms with Crippen LogP contribution in [0.15, 0.2) is 54.6 Å². The Balaban J connectivity index is 1.63. The van der Waals surface area contributed by atoms with Crippen LogP contribution in [0.3, 0.4) is 0 Å². The molecule has 2 aromatic rings. The first-order valence-corrected chi connectivity index (χ1v) is 7.30. The van der Waals surface area contributed by atoms with E-state index in [-0.39, 0.29) is 11.7 Å². The smallest absolute Gasteiger partial charge is 0.220 e. The number of amides is 1. The van der Waals surface area contributed by atoms with E-state index in [9.17, 15) is 9.18 Å². The average molecular weight is 285 g/mol. The number of carbonyl (C=O) groups is 1. The maximum absolute atomic E-state index is 13.4. The second kappa shape index (κ2) is 8.20. The summed E-state index contributed by atoms with van der Waals surface area (Å²) in [6.45, 7) is 0.658. The SMILES string of the molecule is O=C(CCc1ccccc1F)NCCCc1ccccc1. The number of hydrogen-bond acceptors (Lipinski definition) is 1. The van der Waals surface area contributed by atoms with Crippen LogP contribution in [0, 0.1) is 5.82 Å². The number of hydrogen-bond donors (Lipinski definition) is 1. The second-order valence-corrected chi connectivity index (χ2v) is 5.03. The molecule has 0 atom stereocenters. The van der Waals surface area contributed by atoms with Crippen LogP contribution in [0.2, 0.25) is 0 Å². The minimum atomic E-state index is -0.241. The third-order valence-corrected chi connectivity index (χ3v) is 3.39. The lowest BCUT2D eigenvalue weighted by molar-refractivity contribution is -0.121. The second-order valence-electron chi connectivity index (χ2n) is 5.03. The highest BCUT2D eigenvalue weighted by Crippen LogP contribution is 2.08. The minimum Gasteiger partial charge on any atom is -0.356 e. The summed E-state index contributed by atoms with van der Waals surface area (Å²) in [5.41, 5.74) is 1.87. The summed E-state index contributed by atoms with van der Waals surface area (Å²) in [4.78, 5) is 11.7. The van der Waals surface area contributed by atoms with Crippen molar-refractivity contribution in [2.45, 2.75) is 25.7 Å². The van der Waals surface area contributed by atoms with E-state index in [0.717, 1.165) is 12.8 Å². The molecular weight excluding hydrogens is 265 g/mol. The molecule has 0 spiro atoms. The van der Waals surface area contributed by atoms with Crippen LogP contribution < -0.4 is 5.32 Å². The van der Waals surface area contributed by atoms with Crippen LogP contribution >= 0.6 is 0 Å². The molecule has 0 unspecified atom stereocenters. The normalized spacial score (nSPS) is 10.3. The summed E-state index contributed by atoms with van der Waals surface area (Å²) in [6.07, 6.45) is 2.63. The highest BCUT2D eigenvalue weighted by Gasteiger charge is 2.05. The van der Waals surface area contributed by atoms with Crippen LogP contribution in [-0.4, -0.2) is 12.5 Å². The Hall–Kier alpha value is -2.16. The fourth-order valence-corrected chi connectivity index (χ4v) is 2.20. The maximum atomic E-state index is 13.4. The van der Waals surface area contributed by atoms with Gasteiger partial charge in [0.15, 0.2) is 0 Å². The lowest BCUT2D eigenvalue weighted by Crippen LogP contribution is -2.25. The maximum Gasteiger partial charge on any atom is 0.220 e. The molecule has 0 saturated heterocycles. The lowest BCUT2D eigenvalue weighted by Gasteiger charge is -2.06. The van der Waals surface area contributed by atoms with Gasteiger partial charge in [-0.3, -0.25) is 4.79 Å². The predicted octanol–water partition coefficient (Wildman–Crippen LogP) is 3.51. The molecule has 2 rings (SSSR count). The van der Waals surface area contributed by atoms with E-state index >= 15 is 0 Å². The van der Waals surface area contributed by atoms with Gasteiger partial charge >= 0.3 is 0 Å². The zero-order valence-corrected chi connectivity index (χ0v) is 12.0. The van der Waals surface area contributed by atoms with Crippen molar-refractivity contribution in [1.29, 1.82) is 0 Å². The van der Waals surface area contributed by atoms with Crippen molar-refractivity contribution in [3.8, 4) is 0 Å². The van der Waals surface area contributed by atoms with E-state index in [1.807, 2.05) is 18.2 Å². The third-order valence-electron chi connectivity index (χ3n) is 3.39. The highest BCUT2D eigenvalue weighted by atomic mass is 19.1. The van der Waals surface area contributed by atoms with E-state index < -0.39 is 0 Å². The van der Waals surface area contributed by atoms with Gasteiger partial charge in [-0.05, 0) is 36.5 Å². The van der Waals surface area contributed by atoms with Gasteiger partial charge in [-0.1, -0.05) is 48.5 Å². The predicted molar refractivity (Wildman–Crippen MR) is 82.5 cm³/mol. The Bertz CT molecular complexity index is 568. The van der Waals surface area contributed by atoms with Gasteiger partial charge in [-0.25, -0.2) is 4.39 Å². The summed E-state index contributed by atoms with van der Waals surface area (Å²) >= 11 is 0. The fraction of sp³-hybridized carbons (Fsp3) is 0.278. The van der Waals surface area contributed by atoms with Gasteiger partial charge in [0, 0.05) is 13.0 Å². The van der Waals surface area contributed by atoms with Crippen molar-refractivity contribution in [3.63, 3.8) is 0 Å². The molecule has 0 saturated carbocycles. The molecule has 2 nitrogen and oxygen atoms in total. The first-order chi connectivity index (χ1) is 10.3. The van der Waals surface area contributed by atoms with Gasteiger partial charge in [0.2, 0.25) is 5.91 Å². The molecule has 21 heavy (non-hydrogen) atoms. The highest BCUT2D eigenvalue weighted by molar-refractivity contribution is 5.76. The Morgan fingerprint density at radius 3 is 2.43 bits per heavy atom. The summed E-state index contributed by atoms with van der Waals surface area (Å²) in [5, 5.41) is 2.88. The molecular formula is C18H20FNO. The van der Waals surface area contributed by atoms with E-state index in [1.54, 1.807) is 18.2 Å². The van der Waals surface area contributed by atoms with E-state index in [0.29, 0.717) is 24.9 Å². The summed E-state index contributed by atoms with van der Waals surface area (Å²) in [7, 11) is 0. The Labute approximate surface area is 125 Å². The quantitative estimate of drug-likeness (QED) is 0.775. The van der Waals surface area contributed by atoms with Gasteiger partial charge in [0.05, 0.1) is 0 Å². The van der Waals surface area contributed by atoms with Gasteiger partial charge in [0.1, 0.15) is 5.82 Å². The summed E-state index contributed by atoms with van der Waals surface area (Å²) in [5.74, 6) is -0.263. The Morgan fingerprint density at radius 2 is 1.67 bits per heavy atom. The molecule has 2 aromatic carbocycles. The van der Waals surface area contributed by atoms with Crippen molar-refractivity contribution in [2.24, 2.45) is 0 Å². The van der Waals surface area contributed by atoms with Crippen molar-refractivity contribution in [2.75, 3.05) is 6.54 Å². The number of carbonyl (C=O) groups excluding carboxylic acids is 1. The van der Waals surface area contributed by atoms with E-state index in [2.05, 4.69) is 17.4 Å².